The lowest BCUT2D eigenvalue weighted by atomic mass is 9.96. The van der Waals surface area contributed by atoms with Gasteiger partial charge in [-0.3, -0.25) is 15.0 Å². The molecule has 136 valence electrons. The first-order valence-electron chi connectivity index (χ1n) is 8.64. The van der Waals surface area contributed by atoms with Crippen LogP contribution in [0.4, 0.5) is 0 Å². The Hall–Kier alpha value is -2.96. The predicted molar refractivity (Wildman–Crippen MR) is 101 cm³/mol. The molecule has 0 aliphatic heterocycles. The molecule has 0 spiro atoms. The summed E-state index contributed by atoms with van der Waals surface area (Å²) in [6, 6.07) is 9.51. The monoisotopic (exact) mass is 353 g/mol. The molecule has 0 aliphatic rings. The first-order chi connectivity index (χ1) is 12.3. The van der Waals surface area contributed by atoms with Gasteiger partial charge in [-0.1, -0.05) is 37.3 Å². The third-order valence-electron chi connectivity index (χ3n) is 4.28. The smallest absolute Gasteiger partial charge is 0.273 e. The molecule has 1 amide bonds. The van der Waals surface area contributed by atoms with Crippen molar-refractivity contribution in [2.24, 2.45) is 0 Å². The lowest BCUT2D eigenvalue weighted by Crippen LogP contribution is -2.36. The van der Waals surface area contributed by atoms with Crippen molar-refractivity contribution in [3.8, 4) is 0 Å². The maximum absolute atomic E-state index is 12.7. The molecule has 0 aliphatic carbocycles. The van der Waals surface area contributed by atoms with E-state index in [-0.39, 0.29) is 22.9 Å². The minimum absolute atomic E-state index is 0.245. The van der Waals surface area contributed by atoms with Gasteiger partial charge in [0.15, 0.2) is 5.65 Å². The van der Waals surface area contributed by atoms with Crippen LogP contribution in [-0.2, 0) is 10.3 Å². The van der Waals surface area contributed by atoms with Gasteiger partial charge in [0, 0.05) is 0 Å². The van der Waals surface area contributed by atoms with Crippen molar-refractivity contribution in [1.29, 1.82) is 0 Å². The number of nitrogens with zero attached hydrogens (tertiary/aromatic N) is 4. The van der Waals surface area contributed by atoms with Crippen molar-refractivity contribution in [2.45, 2.75) is 45.6 Å². The molecule has 0 saturated heterocycles. The molecule has 7 heteroatoms. The quantitative estimate of drug-likeness (QED) is 0.782. The molecule has 0 radical (unpaired) electrons. The molecule has 0 unspecified atom stereocenters. The number of carbonyl (C=O) groups excluding carboxylic acids is 1. The molecular formula is C19H23N5O2. The molecular weight excluding hydrogens is 330 g/mol. The van der Waals surface area contributed by atoms with Crippen molar-refractivity contribution >= 4 is 16.9 Å². The number of nitrogens with one attached hydrogen (secondary N) is 1. The van der Waals surface area contributed by atoms with Gasteiger partial charge in [0.1, 0.15) is 11.7 Å². The highest BCUT2D eigenvalue weighted by Gasteiger charge is 2.22. The van der Waals surface area contributed by atoms with E-state index in [9.17, 15) is 9.59 Å². The first-order valence-corrected chi connectivity index (χ1v) is 8.64. The van der Waals surface area contributed by atoms with E-state index in [1.54, 1.807) is 4.68 Å². The molecule has 0 fully saturated rings. The Morgan fingerprint density at radius 1 is 1.23 bits per heavy atom. The lowest BCUT2D eigenvalue weighted by molar-refractivity contribution is -0.118. The molecule has 7 nitrogen and oxygen atoms in total. The second-order valence-electron chi connectivity index (χ2n) is 7.23. The second-order valence-corrected chi connectivity index (χ2v) is 7.23. The molecule has 0 bridgehead atoms. The molecule has 2 aromatic heterocycles. The Morgan fingerprint density at radius 2 is 1.92 bits per heavy atom. The number of benzene rings is 1. The minimum Gasteiger partial charge on any atom is -0.273 e. The van der Waals surface area contributed by atoms with Crippen molar-refractivity contribution in [2.75, 3.05) is 5.43 Å². The van der Waals surface area contributed by atoms with Gasteiger partial charge in [0.25, 0.3) is 5.56 Å². The van der Waals surface area contributed by atoms with Crippen LogP contribution in [0.3, 0.4) is 0 Å². The normalized spacial score (nSPS) is 12.9. The summed E-state index contributed by atoms with van der Waals surface area (Å²) in [5.74, 6) is -0.582. The summed E-state index contributed by atoms with van der Waals surface area (Å²) in [5.41, 5.74) is 3.44. The van der Waals surface area contributed by atoms with E-state index < -0.39 is 0 Å². The zero-order valence-electron chi connectivity index (χ0n) is 15.4. The fourth-order valence-electron chi connectivity index (χ4n) is 2.94. The van der Waals surface area contributed by atoms with E-state index in [0.29, 0.717) is 17.5 Å². The summed E-state index contributed by atoms with van der Waals surface area (Å²) < 4.78 is 2.83. The van der Waals surface area contributed by atoms with E-state index in [2.05, 4.69) is 15.5 Å². The van der Waals surface area contributed by atoms with Gasteiger partial charge in [0.2, 0.25) is 5.91 Å². The molecule has 2 heterocycles. The highest BCUT2D eigenvalue weighted by Crippen LogP contribution is 2.20. The number of amides is 1. The summed E-state index contributed by atoms with van der Waals surface area (Å²) in [6.07, 6.45) is 3.46. The molecule has 1 atom stereocenters. The fourth-order valence-corrected chi connectivity index (χ4v) is 2.94. The van der Waals surface area contributed by atoms with Crippen LogP contribution in [-0.4, -0.2) is 25.3 Å². The standard InChI is InChI=1S/C19H23N5O2/c1-5-14(13-9-7-6-8-10-13)17(25)22-23-12-20-16-15(18(23)26)11-21-24(16)19(2,3)4/h6-12,14H,5H2,1-4H3,(H,22,25)/t14-/m1/s1. The van der Waals surface area contributed by atoms with Crippen LogP contribution >= 0.6 is 0 Å². The second kappa shape index (κ2) is 6.74. The lowest BCUT2D eigenvalue weighted by Gasteiger charge is -2.20. The van der Waals surface area contributed by atoms with Crippen molar-refractivity contribution in [3.63, 3.8) is 0 Å². The highest BCUT2D eigenvalue weighted by molar-refractivity contribution is 5.90. The topological polar surface area (TPSA) is 81.8 Å². The minimum atomic E-state index is -0.346. The molecule has 1 aromatic carbocycles. The third kappa shape index (κ3) is 3.24. The van der Waals surface area contributed by atoms with Crippen molar-refractivity contribution in [1.82, 2.24) is 19.4 Å². The van der Waals surface area contributed by atoms with Gasteiger partial charge in [-0.25, -0.2) is 14.3 Å². The van der Waals surface area contributed by atoms with Crippen LogP contribution in [0.2, 0.25) is 0 Å². The third-order valence-corrected chi connectivity index (χ3v) is 4.28. The number of hydrogen-bond donors (Lipinski definition) is 1. The summed E-state index contributed by atoms with van der Waals surface area (Å²) >= 11 is 0. The number of aromatic nitrogens is 4. The number of rotatable bonds is 4. The Balaban J connectivity index is 1.93. The van der Waals surface area contributed by atoms with Crippen LogP contribution in [0.5, 0.6) is 0 Å². The Morgan fingerprint density at radius 3 is 2.54 bits per heavy atom. The number of carbonyl (C=O) groups is 1. The Kier molecular flexibility index (Phi) is 4.63. The molecule has 1 N–H and O–H groups in total. The molecule has 3 aromatic rings. The van der Waals surface area contributed by atoms with E-state index in [1.807, 2.05) is 58.0 Å². The number of hydrogen-bond acceptors (Lipinski definition) is 4. The van der Waals surface area contributed by atoms with Crippen LogP contribution in [0.25, 0.3) is 11.0 Å². The van der Waals surface area contributed by atoms with Gasteiger partial charge < -0.3 is 0 Å². The van der Waals surface area contributed by atoms with E-state index in [1.165, 1.54) is 12.5 Å². The Bertz CT molecular complexity index is 983. The average Bonchev–Trinajstić information content (AvgIpc) is 3.04. The van der Waals surface area contributed by atoms with Crippen LogP contribution in [0, 0.1) is 0 Å². The molecule has 3 rings (SSSR count). The maximum atomic E-state index is 12.7. The largest absolute Gasteiger partial charge is 0.283 e. The van der Waals surface area contributed by atoms with E-state index >= 15 is 0 Å². The Labute approximate surface area is 151 Å². The average molecular weight is 353 g/mol. The zero-order valence-corrected chi connectivity index (χ0v) is 15.4. The SMILES string of the molecule is CC[C@@H](C(=O)Nn1cnc2c(cnn2C(C)(C)C)c1=O)c1ccccc1. The van der Waals surface area contributed by atoms with E-state index in [0.717, 1.165) is 10.2 Å². The van der Waals surface area contributed by atoms with Crippen molar-refractivity contribution < 1.29 is 4.79 Å². The summed E-state index contributed by atoms with van der Waals surface area (Å²) in [6.45, 7) is 7.90. The van der Waals surface area contributed by atoms with Crippen LogP contribution in [0.1, 0.15) is 45.6 Å². The van der Waals surface area contributed by atoms with Gasteiger partial charge in [-0.05, 0) is 32.8 Å². The summed E-state index contributed by atoms with van der Waals surface area (Å²) in [7, 11) is 0. The first kappa shape index (κ1) is 17.8. The maximum Gasteiger partial charge on any atom is 0.283 e. The molecule has 26 heavy (non-hydrogen) atoms. The zero-order chi connectivity index (χ0) is 18.9. The van der Waals surface area contributed by atoms with Gasteiger partial charge in [-0.15, -0.1) is 0 Å². The summed E-state index contributed by atoms with van der Waals surface area (Å²) in [5, 5.41) is 4.65. The van der Waals surface area contributed by atoms with Gasteiger partial charge in [0.05, 0.1) is 17.7 Å². The molecule has 0 saturated carbocycles. The number of fused-ring (bicyclic) bond motifs is 1. The predicted octanol–water partition coefficient (Wildman–Crippen LogP) is 2.61. The van der Waals surface area contributed by atoms with Gasteiger partial charge in [-0.2, -0.15) is 5.10 Å². The van der Waals surface area contributed by atoms with Crippen LogP contribution < -0.4 is 11.0 Å². The highest BCUT2D eigenvalue weighted by atomic mass is 16.2. The fraction of sp³-hybridized carbons (Fsp3) is 0.368. The van der Waals surface area contributed by atoms with Crippen molar-refractivity contribution in [3.05, 3.63) is 58.8 Å². The van der Waals surface area contributed by atoms with Crippen LogP contribution in [0.15, 0.2) is 47.7 Å². The van der Waals surface area contributed by atoms with Gasteiger partial charge >= 0.3 is 0 Å². The summed E-state index contributed by atoms with van der Waals surface area (Å²) in [4.78, 5) is 29.7. The van der Waals surface area contributed by atoms with E-state index in [4.69, 9.17) is 0 Å².